The van der Waals surface area contributed by atoms with Gasteiger partial charge in [-0.1, -0.05) is 17.7 Å². The van der Waals surface area contributed by atoms with Crippen molar-refractivity contribution in [1.82, 2.24) is 15.6 Å². The van der Waals surface area contributed by atoms with E-state index >= 15 is 0 Å². The Hall–Kier alpha value is -1.96. The van der Waals surface area contributed by atoms with Gasteiger partial charge in [-0.3, -0.25) is 15.1 Å². The molecule has 0 bridgehead atoms. The summed E-state index contributed by atoms with van der Waals surface area (Å²) >= 11 is 5.72. The first-order chi connectivity index (χ1) is 11.0. The highest BCUT2D eigenvalue weighted by molar-refractivity contribution is 7.91. The molecule has 1 aromatic carbocycles. The van der Waals surface area contributed by atoms with Crippen LogP contribution < -0.4 is 10.6 Å². The summed E-state index contributed by atoms with van der Waals surface area (Å²) in [4.78, 5) is 15.9. The van der Waals surface area contributed by atoms with Crippen molar-refractivity contribution in [3.8, 4) is 0 Å². The third-order valence-corrected chi connectivity index (χ3v) is 4.77. The second-order valence-corrected chi connectivity index (χ2v) is 7.16. The van der Waals surface area contributed by atoms with Crippen LogP contribution in [0.15, 0.2) is 53.6 Å². The number of carbonyl (C=O) groups excluding carboxylic acids is 1. The SMILES string of the molecule is O=C(CNCS(=O)(=O)c1ccc(Cl)cc1)NCc1ccccn1. The monoisotopic (exact) mass is 353 g/mol. The van der Waals surface area contributed by atoms with Crippen LogP contribution in [-0.4, -0.2) is 31.7 Å². The Kier molecular flexibility index (Phi) is 6.09. The summed E-state index contributed by atoms with van der Waals surface area (Å²) < 4.78 is 24.1. The summed E-state index contributed by atoms with van der Waals surface area (Å²) in [5.41, 5.74) is 0.731. The Balaban J connectivity index is 1.77. The molecule has 6 nitrogen and oxygen atoms in total. The molecule has 2 aromatic rings. The number of pyridine rings is 1. The van der Waals surface area contributed by atoms with Gasteiger partial charge in [0.25, 0.3) is 0 Å². The zero-order valence-corrected chi connectivity index (χ0v) is 13.8. The molecule has 0 aliphatic heterocycles. The number of amides is 1. The first-order valence-electron chi connectivity index (χ1n) is 6.83. The Morgan fingerprint density at radius 3 is 2.52 bits per heavy atom. The molecule has 2 N–H and O–H groups in total. The molecule has 2 rings (SSSR count). The van der Waals surface area contributed by atoms with Crippen LogP contribution >= 0.6 is 11.6 Å². The molecule has 0 radical (unpaired) electrons. The minimum atomic E-state index is -3.50. The van der Waals surface area contributed by atoms with Crippen molar-refractivity contribution in [3.63, 3.8) is 0 Å². The topological polar surface area (TPSA) is 88.2 Å². The predicted octanol–water partition coefficient (Wildman–Crippen LogP) is 1.37. The Morgan fingerprint density at radius 1 is 1.13 bits per heavy atom. The molecule has 1 aromatic heterocycles. The highest BCUT2D eigenvalue weighted by Crippen LogP contribution is 2.14. The van der Waals surface area contributed by atoms with Crippen molar-refractivity contribution in [2.24, 2.45) is 0 Å². The zero-order chi connectivity index (χ0) is 16.7. The summed E-state index contributed by atoms with van der Waals surface area (Å²) in [5, 5.41) is 5.74. The van der Waals surface area contributed by atoms with E-state index in [0.29, 0.717) is 11.6 Å². The number of nitrogens with zero attached hydrogens (tertiary/aromatic N) is 1. The van der Waals surface area contributed by atoms with E-state index < -0.39 is 9.84 Å². The van der Waals surface area contributed by atoms with Crippen LogP contribution in [0.5, 0.6) is 0 Å². The van der Waals surface area contributed by atoms with Crippen molar-refractivity contribution in [2.45, 2.75) is 11.4 Å². The molecule has 1 amide bonds. The third-order valence-electron chi connectivity index (χ3n) is 2.94. The molecule has 8 heteroatoms. The Morgan fingerprint density at radius 2 is 1.87 bits per heavy atom. The number of carbonyl (C=O) groups is 1. The van der Waals surface area contributed by atoms with Crippen LogP contribution in [0.3, 0.4) is 0 Å². The molecule has 0 fully saturated rings. The average Bonchev–Trinajstić information content (AvgIpc) is 2.54. The van der Waals surface area contributed by atoms with Crippen molar-refractivity contribution in [1.29, 1.82) is 0 Å². The van der Waals surface area contributed by atoms with Gasteiger partial charge in [-0.05, 0) is 36.4 Å². The Labute approximate surface area is 139 Å². The smallest absolute Gasteiger partial charge is 0.234 e. The number of rotatable bonds is 7. The maximum atomic E-state index is 12.1. The van der Waals surface area contributed by atoms with Gasteiger partial charge in [0.05, 0.1) is 23.7 Å². The van der Waals surface area contributed by atoms with Crippen LogP contribution in [0, 0.1) is 0 Å². The van der Waals surface area contributed by atoms with E-state index in [4.69, 9.17) is 11.6 Å². The quantitative estimate of drug-likeness (QED) is 0.785. The summed E-state index contributed by atoms with van der Waals surface area (Å²) in [7, 11) is -3.50. The van der Waals surface area contributed by atoms with Gasteiger partial charge in [0.2, 0.25) is 5.91 Å². The molecule has 0 saturated carbocycles. The number of halogens is 1. The first kappa shape index (κ1) is 17.4. The number of hydrogen-bond acceptors (Lipinski definition) is 5. The van der Waals surface area contributed by atoms with Crippen LogP contribution in [0.1, 0.15) is 5.69 Å². The lowest BCUT2D eigenvalue weighted by Gasteiger charge is -2.07. The predicted molar refractivity (Wildman–Crippen MR) is 87.6 cm³/mol. The van der Waals surface area contributed by atoms with Crippen molar-refractivity contribution >= 4 is 27.3 Å². The zero-order valence-electron chi connectivity index (χ0n) is 12.2. The summed E-state index contributed by atoms with van der Waals surface area (Å²) in [6.45, 7) is 0.199. The number of hydrogen-bond donors (Lipinski definition) is 2. The van der Waals surface area contributed by atoms with Gasteiger partial charge in [0.1, 0.15) is 5.88 Å². The fourth-order valence-electron chi connectivity index (χ4n) is 1.78. The largest absolute Gasteiger partial charge is 0.349 e. The Bertz CT molecular complexity index is 749. The maximum Gasteiger partial charge on any atom is 0.234 e. The van der Waals surface area contributed by atoms with E-state index in [0.717, 1.165) is 5.69 Å². The maximum absolute atomic E-state index is 12.1. The van der Waals surface area contributed by atoms with E-state index in [-0.39, 0.29) is 23.2 Å². The minimum Gasteiger partial charge on any atom is -0.349 e. The van der Waals surface area contributed by atoms with Crippen LogP contribution in [0.2, 0.25) is 5.02 Å². The number of sulfone groups is 1. The minimum absolute atomic E-state index is 0.0976. The van der Waals surface area contributed by atoms with Gasteiger partial charge in [0.15, 0.2) is 9.84 Å². The van der Waals surface area contributed by atoms with Crippen LogP contribution in [0.4, 0.5) is 0 Å². The summed E-state index contributed by atoms with van der Waals surface area (Å²) in [6.07, 6.45) is 1.64. The highest BCUT2D eigenvalue weighted by Gasteiger charge is 2.14. The molecular formula is C15H16ClN3O3S. The standard InChI is InChI=1S/C15H16ClN3O3S/c16-12-4-6-14(7-5-12)23(21,22)11-17-10-15(20)19-9-13-3-1-2-8-18-13/h1-8,17H,9-11H2,(H,19,20). The third kappa shape index (κ3) is 5.63. The van der Waals surface area contributed by atoms with E-state index in [1.165, 1.54) is 24.3 Å². The highest BCUT2D eigenvalue weighted by atomic mass is 35.5. The molecule has 122 valence electrons. The molecule has 0 saturated heterocycles. The van der Waals surface area contributed by atoms with E-state index in [2.05, 4.69) is 15.6 Å². The second kappa shape index (κ2) is 8.05. The number of aromatic nitrogens is 1. The van der Waals surface area contributed by atoms with Crippen LogP contribution in [-0.2, 0) is 21.2 Å². The molecule has 0 aliphatic carbocycles. The molecule has 1 heterocycles. The van der Waals surface area contributed by atoms with Gasteiger partial charge in [-0.15, -0.1) is 0 Å². The molecule has 0 aliphatic rings. The van der Waals surface area contributed by atoms with E-state index in [1.807, 2.05) is 6.07 Å². The van der Waals surface area contributed by atoms with Crippen molar-refractivity contribution in [3.05, 3.63) is 59.4 Å². The second-order valence-electron chi connectivity index (χ2n) is 4.74. The van der Waals surface area contributed by atoms with Gasteiger partial charge in [0, 0.05) is 11.2 Å². The summed E-state index contributed by atoms with van der Waals surface area (Å²) in [5.74, 6) is -0.631. The lowest BCUT2D eigenvalue weighted by molar-refractivity contribution is -0.120. The van der Waals surface area contributed by atoms with Crippen molar-refractivity contribution < 1.29 is 13.2 Å². The number of benzene rings is 1. The van der Waals surface area contributed by atoms with Crippen LogP contribution in [0.25, 0.3) is 0 Å². The molecular weight excluding hydrogens is 338 g/mol. The average molecular weight is 354 g/mol. The summed E-state index contributed by atoms with van der Waals surface area (Å²) in [6, 6.07) is 11.3. The lowest BCUT2D eigenvalue weighted by atomic mass is 10.3. The normalized spacial score (nSPS) is 11.2. The van der Waals surface area contributed by atoms with Gasteiger partial charge in [-0.25, -0.2) is 8.42 Å². The van der Waals surface area contributed by atoms with Gasteiger partial charge >= 0.3 is 0 Å². The molecule has 0 unspecified atom stereocenters. The molecule has 0 spiro atoms. The first-order valence-corrected chi connectivity index (χ1v) is 8.86. The van der Waals surface area contributed by atoms with E-state index in [9.17, 15) is 13.2 Å². The molecule has 0 atom stereocenters. The van der Waals surface area contributed by atoms with Crippen molar-refractivity contribution in [2.75, 3.05) is 12.4 Å². The fraction of sp³-hybridized carbons (Fsp3) is 0.200. The van der Waals surface area contributed by atoms with Gasteiger partial charge < -0.3 is 5.32 Å². The lowest BCUT2D eigenvalue weighted by Crippen LogP contribution is -2.36. The van der Waals surface area contributed by atoms with Gasteiger partial charge in [-0.2, -0.15) is 0 Å². The fourth-order valence-corrected chi connectivity index (χ4v) is 2.99. The van der Waals surface area contributed by atoms with E-state index in [1.54, 1.807) is 18.3 Å². The molecule has 23 heavy (non-hydrogen) atoms. The number of nitrogens with one attached hydrogen (secondary N) is 2.